The van der Waals surface area contributed by atoms with Crippen LogP contribution in [-0.4, -0.2) is 75.6 Å². The summed E-state index contributed by atoms with van der Waals surface area (Å²) in [6.07, 6.45) is 5.07. The molecule has 0 amide bonds. The predicted octanol–water partition coefficient (Wildman–Crippen LogP) is 4.62. The first-order valence-electron chi connectivity index (χ1n) is 13.1. The average Bonchev–Trinajstić information content (AvgIpc) is 3.57. The van der Waals surface area contributed by atoms with Gasteiger partial charge in [-0.25, -0.2) is 14.5 Å². The van der Waals surface area contributed by atoms with E-state index in [9.17, 15) is 4.79 Å². The van der Waals surface area contributed by atoms with Crippen LogP contribution in [0.3, 0.4) is 0 Å². The summed E-state index contributed by atoms with van der Waals surface area (Å²) in [5.74, 6) is 0.983. The molecule has 4 aromatic heterocycles. The Hall–Kier alpha value is -3.14. The molecular formula is C28H35N7OS. The van der Waals surface area contributed by atoms with Crippen molar-refractivity contribution in [2.75, 3.05) is 38.1 Å². The molecule has 194 valence electrons. The van der Waals surface area contributed by atoms with E-state index in [4.69, 9.17) is 9.97 Å². The summed E-state index contributed by atoms with van der Waals surface area (Å²) < 4.78 is 1.77. The molecule has 1 aliphatic rings. The number of carbonyl (C=O) groups is 1. The Morgan fingerprint density at radius 2 is 2.00 bits per heavy atom. The third-order valence-electron chi connectivity index (χ3n) is 7.39. The van der Waals surface area contributed by atoms with Crippen LogP contribution in [0.15, 0.2) is 48.1 Å². The van der Waals surface area contributed by atoms with Gasteiger partial charge >= 0.3 is 0 Å². The number of aromatic nitrogens is 4. The minimum atomic E-state index is 0.151. The Balaban J connectivity index is 1.49. The van der Waals surface area contributed by atoms with E-state index in [-0.39, 0.29) is 5.78 Å². The Kier molecular flexibility index (Phi) is 7.64. The highest BCUT2D eigenvalue weighted by Crippen LogP contribution is 2.30. The molecule has 0 radical (unpaired) electrons. The van der Waals surface area contributed by atoms with Crippen molar-refractivity contribution in [3.8, 4) is 21.8 Å². The molecule has 0 spiro atoms. The highest BCUT2D eigenvalue weighted by atomic mass is 32.1. The number of pyridine rings is 1. The highest BCUT2D eigenvalue weighted by molar-refractivity contribution is 7.13. The molecule has 1 N–H and O–H groups in total. The molecule has 37 heavy (non-hydrogen) atoms. The molecule has 8 nitrogen and oxygen atoms in total. The summed E-state index contributed by atoms with van der Waals surface area (Å²) in [5.41, 5.74) is 3.91. The number of ketones is 1. The third kappa shape index (κ3) is 5.30. The Morgan fingerprint density at radius 1 is 1.19 bits per heavy atom. The van der Waals surface area contributed by atoms with E-state index in [0.717, 1.165) is 65.9 Å². The van der Waals surface area contributed by atoms with E-state index >= 15 is 0 Å². The van der Waals surface area contributed by atoms with Crippen LogP contribution in [0, 0.1) is 0 Å². The van der Waals surface area contributed by atoms with Crippen LogP contribution in [0.5, 0.6) is 0 Å². The van der Waals surface area contributed by atoms with Crippen molar-refractivity contribution in [3.05, 3.63) is 53.7 Å². The molecule has 0 aromatic carbocycles. The molecule has 1 saturated heterocycles. The van der Waals surface area contributed by atoms with E-state index < -0.39 is 0 Å². The van der Waals surface area contributed by atoms with Gasteiger partial charge in [0.2, 0.25) is 0 Å². The van der Waals surface area contributed by atoms with Gasteiger partial charge < -0.3 is 15.1 Å². The lowest BCUT2D eigenvalue weighted by molar-refractivity contribution is 0.0964. The smallest absolute Gasteiger partial charge is 0.165 e. The molecule has 4 aromatic rings. The van der Waals surface area contributed by atoms with Gasteiger partial charge in [0.25, 0.3) is 0 Å². The first kappa shape index (κ1) is 25.5. The van der Waals surface area contributed by atoms with Crippen LogP contribution in [0.25, 0.3) is 27.5 Å². The first-order valence-corrected chi connectivity index (χ1v) is 14.0. The number of thiophene rings is 1. The topological polar surface area (TPSA) is 78.7 Å². The van der Waals surface area contributed by atoms with E-state index in [1.54, 1.807) is 22.0 Å². The standard InChI is InChI=1S/C28H35N7OS/c1-5-33(6-2)19(3)9-10-25(36)20-14-24(31-27(15-20)34-17-21(18-34)29-4)22-16-30-35-12-11-23(32-28(22)35)26-8-7-13-37-26/h7-8,11-16,19,21,29H,5-6,9-10,17-18H2,1-4H3/t19-/m0/s1. The zero-order valence-electron chi connectivity index (χ0n) is 22.0. The van der Waals surface area contributed by atoms with Crippen LogP contribution in [-0.2, 0) is 0 Å². The second kappa shape index (κ2) is 11.1. The van der Waals surface area contributed by atoms with Crippen molar-refractivity contribution < 1.29 is 4.79 Å². The maximum atomic E-state index is 13.4. The van der Waals surface area contributed by atoms with Crippen molar-refractivity contribution in [2.24, 2.45) is 0 Å². The van der Waals surface area contributed by atoms with Crippen LogP contribution in [0.4, 0.5) is 5.82 Å². The fraction of sp³-hybridized carbons (Fsp3) is 0.429. The van der Waals surface area contributed by atoms with E-state index in [0.29, 0.717) is 24.1 Å². The lowest BCUT2D eigenvalue weighted by Crippen LogP contribution is -2.57. The van der Waals surface area contributed by atoms with Crippen molar-refractivity contribution >= 4 is 28.6 Å². The molecule has 5 rings (SSSR count). The van der Waals surface area contributed by atoms with E-state index in [1.165, 1.54) is 0 Å². The SMILES string of the molecule is CCN(CC)[C@@H](C)CCC(=O)c1cc(-c2cnn3ccc(-c4cccs4)nc23)nc(N2CC(NC)C2)c1. The lowest BCUT2D eigenvalue weighted by atomic mass is 10.0. The van der Waals surface area contributed by atoms with Crippen LogP contribution in [0.1, 0.15) is 44.0 Å². The molecule has 1 fully saturated rings. The van der Waals surface area contributed by atoms with Crippen LogP contribution in [0.2, 0.25) is 0 Å². The van der Waals surface area contributed by atoms with Crippen molar-refractivity contribution in [3.63, 3.8) is 0 Å². The minimum absolute atomic E-state index is 0.151. The number of fused-ring (bicyclic) bond motifs is 1. The number of anilines is 1. The number of rotatable bonds is 11. The summed E-state index contributed by atoms with van der Waals surface area (Å²) in [5, 5.41) is 9.89. The average molecular weight is 518 g/mol. The maximum absolute atomic E-state index is 13.4. The van der Waals surface area contributed by atoms with Crippen molar-refractivity contribution in [2.45, 2.75) is 45.7 Å². The van der Waals surface area contributed by atoms with E-state index in [1.807, 2.05) is 42.9 Å². The number of carbonyl (C=O) groups excluding carboxylic acids is 1. The molecule has 0 saturated carbocycles. The summed E-state index contributed by atoms with van der Waals surface area (Å²) >= 11 is 1.66. The molecule has 9 heteroatoms. The Bertz CT molecular complexity index is 1360. The van der Waals surface area contributed by atoms with Crippen molar-refractivity contribution in [1.29, 1.82) is 0 Å². The summed E-state index contributed by atoms with van der Waals surface area (Å²) in [6.45, 7) is 10.3. The van der Waals surface area contributed by atoms with Gasteiger partial charge in [0.1, 0.15) is 5.82 Å². The van der Waals surface area contributed by atoms with Gasteiger partial charge in [0.15, 0.2) is 11.4 Å². The summed E-state index contributed by atoms with van der Waals surface area (Å²) in [7, 11) is 1.98. The maximum Gasteiger partial charge on any atom is 0.165 e. The van der Waals surface area contributed by atoms with E-state index in [2.05, 4.69) is 47.1 Å². The minimum Gasteiger partial charge on any atom is -0.353 e. The number of nitrogens with one attached hydrogen (secondary N) is 1. The molecular weight excluding hydrogens is 482 g/mol. The largest absolute Gasteiger partial charge is 0.353 e. The predicted molar refractivity (Wildman–Crippen MR) is 151 cm³/mol. The summed E-state index contributed by atoms with van der Waals surface area (Å²) in [6, 6.07) is 10.7. The monoisotopic (exact) mass is 517 g/mol. The Morgan fingerprint density at radius 3 is 2.70 bits per heavy atom. The highest BCUT2D eigenvalue weighted by Gasteiger charge is 2.28. The van der Waals surface area contributed by atoms with Crippen LogP contribution >= 0.6 is 11.3 Å². The fourth-order valence-corrected chi connectivity index (χ4v) is 5.65. The lowest BCUT2D eigenvalue weighted by Gasteiger charge is -2.40. The molecule has 0 bridgehead atoms. The second-order valence-corrected chi connectivity index (χ2v) is 10.6. The van der Waals surface area contributed by atoms with Gasteiger partial charge in [-0.05, 0) is 63.1 Å². The second-order valence-electron chi connectivity index (χ2n) is 9.64. The van der Waals surface area contributed by atoms with Gasteiger partial charge in [-0.2, -0.15) is 5.10 Å². The molecule has 1 aliphatic heterocycles. The Labute approximate surface area is 222 Å². The number of likely N-dealkylation sites (N-methyl/N-ethyl adjacent to an activating group) is 1. The van der Waals surface area contributed by atoms with Crippen molar-refractivity contribution in [1.82, 2.24) is 29.8 Å². The number of nitrogens with zero attached hydrogens (tertiary/aromatic N) is 6. The van der Waals surface area contributed by atoms with Gasteiger partial charge in [-0.3, -0.25) is 4.79 Å². The quantitative estimate of drug-likeness (QED) is 0.291. The normalized spacial score (nSPS) is 14.9. The van der Waals surface area contributed by atoms with Gasteiger partial charge in [-0.15, -0.1) is 11.3 Å². The molecule has 0 unspecified atom stereocenters. The molecule has 5 heterocycles. The molecule has 1 atom stereocenters. The zero-order chi connectivity index (χ0) is 25.9. The first-order chi connectivity index (χ1) is 18.0. The van der Waals surface area contributed by atoms with Gasteiger partial charge in [0.05, 0.1) is 28.0 Å². The zero-order valence-corrected chi connectivity index (χ0v) is 22.8. The number of Topliss-reactive ketones (excluding diaryl/α,β-unsaturated/α-hetero) is 1. The number of hydrogen-bond donors (Lipinski definition) is 1. The third-order valence-corrected chi connectivity index (χ3v) is 8.28. The summed E-state index contributed by atoms with van der Waals surface area (Å²) in [4.78, 5) is 29.1. The van der Waals surface area contributed by atoms with Crippen LogP contribution < -0.4 is 10.2 Å². The van der Waals surface area contributed by atoms with Gasteiger partial charge in [-0.1, -0.05) is 19.9 Å². The number of hydrogen-bond acceptors (Lipinski definition) is 8. The fourth-order valence-electron chi connectivity index (χ4n) is 4.95. The van der Waals surface area contributed by atoms with Gasteiger partial charge in [0, 0.05) is 43.4 Å². The molecule has 0 aliphatic carbocycles.